The average molecular weight is 260 g/mol. The normalized spacial score (nSPS) is 11.4. The van der Waals surface area contributed by atoms with Crippen molar-refractivity contribution in [2.24, 2.45) is 4.99 Å². The van der Waals surface area contributed by atoms with Crippen LogP contribution >= 0.6 is 11.6 Å². The molecular formula is C15H14ClNO. The number of halogens is 1. The van der Waals surface area contributed by atoms with Gasteiger partial charge in [0.25, 0.3) is 0 Å². The van der Waals surface area contributed by atoms with Crippen LogP contribution in [0.1, 0.15) is 12.5 Å². The van der Waals surface area contributed by atoms with Gasteiger partial charge in [0.2, 0.25) is 0 Å². The third-order valence-corrected chi connectivity index (χ3v) is 2.89. The molecule has 0 aliphatic carbocycles. The zero-order valence-electron chi connectivity index (χ0n) is 10.4. The van der Waals surface area contributed by atoms with Gasteiger partial charge in [-0.3, -0.25) is 0 Å². The highest BCUT2D eigenvalue weighted by Gasteiger charge is 2.02. The van der Waals surface area contributed by atoms with Crippen molar-refractivity contribution in [2.45, 2.75) is 6.92 Å². The highest BCUT2D eigenvalue weighted by molar-refractivity contribution is 6.30. The van der Waals surface area contributed by atoms with Crippen molar-refractivity contribution in [3.05, 3.63) is 59.1 Å². The first-order valence-electron chi connectivity index (χ1n) is 5.65. The van der Waals surface area contributed by atoms with Gasteiger partial charge in [0.1, 0.15) is 11.4 Å². The summed E-state index contributed by atoms with van der Waals surface area (Å²) in [5, 5.41) is 0.726. The van der Waals surface area contributed by atoms with E-state index in [9.17, 15) is 0 Å². The summed E-state index contributed by atoms with van der Waals surface area (Å²) in [6, 6.07) is 15.3. The molecule has 0 saturated carbocycles. The van der Waals surface area contributed by atoms with Gasteiger partial charge in [-0.1, -0.05) is 35.9 Å². The van der Waals surface area contributed by atoms with Crippen molar-refractivity contribution in [1.29, 1.82) is 0 Å². The number of hydrogen-bond donors (Lipinski definition) is 0. The highest BCUT2D eigenvalue weighted by Crippen LogP contribution is 2.27. The number of methoxy groups -OCH3 is 1. The molecule has 0 fully saturated rings. The Morgan fingerprint density at radius 3 is 2.39 bits per heavy atom. The van der Waals surface area contributed by atoms with Crippen molar-refractivity contribution < 1.29 is 4.74 Å². The van der Waals surface area contributed by atoms with Gasteiger partial charge >= 0.3 is 0 Å². The van der Waals surface area contributed by atoms with Crippen LogP contribution in [0.3, 0.4) is 0 Å². The standard InChI is InChI=1S/C15H14ClNO/c1-11(12-7-9-13(16)10-8-12)17-14-5-3-4-6-15(14)18-2/h3-10H,1-2H3/b17-11-. The molecule has 0 spiro atoms. The van der Waals surface area contributed by atoms with Crippen molar-refractivity contribution in [3.63, 3.8) is 0 Å². The van der Waals surface area contributed by atoms with E-state index < -0.39 is 0 Å². The number of hydrogen-bond acceptors (Lipinski definition) is 2. The summed E-state index contributed by atoms with van der Waals surface area (Å²) >= 11 is 5.86. The maximum atomic E-state index is 5.86. The zero-order chi connectivity index (χ0) is 13.0. The van der Waals surface area contributed by atoms with Crippen LogP contribution in [0.5, 0.6) is 5.75 Å². The van der Waals surface area contributed by atoms with E-state index in [2.05, 4.69) is 4.99 Å². The van der Waals surface area contributed by atoms with Gasteiger partial charge in [-0.15, -0.1) is 0 Å². The maximum Gasteiger partial charge on any atom is 0.144 e. The monoisotopic (exact) mass is 259 g/mol. The lowest BCUT2D eigenvalue weighted by atomic mass is 10.1. The Bertz CT molecular complexity index is 561. The fourth-order valence-electron chi connectivity index (χ4n) is 1.66. The lowest BCUT2D eigenvalue weighted by Gasteiger charge is -2.05. The zero-order valence-corrected chi connectivity index (χ0v) is 11.1. The average Bonchev–Trinajstić information content (AvgIpc) is 2.40. The third-order valence-electron chi connectivity index (χ3n) is 2.64. The summed E-state index contributed by atoms with van der Waals surface area (Å²) in [5.41, 5.74) is 2.80. The second-order valence-electron chi connectivity index (χ2n) is 3.88. The van der Waals surface area contributed by atoms with Crippen molar-refractivity contribution >= 4 is 23.0 Å². The summed E-state index contributed by atoms with van der Waals surface area (Å²) in [6.07, 6.45) is 0. The summed E-state index contributed by atoms with van der Waals surface area (Å²) in [5.74, 6) is 0.769. The number of rotatable bonds is 3. The molecule has 92 valence electrons. The molecule has 3 heteroatoms. The summed E-state index contributed by atoms with van der Waals surface area (Å²) < 4.78 is 5.27. The molecular weight excluding hydrogens is 246 g/mol. The van der Waals surface area contributed by atoms with E-state index in [1.54, 1.807) is 7.11 Å². The predicted octanol–water partition coefficient (Wildman–Crippen LogP) is 4.49. The minimum atomic E-state index is 0.726. The molecule has 0 N–H and O–H groups in total. The first-order valence-corrected chi connectivity index (χ1v) is 6.03. The number of ether oxygens (including phenoxy) is 1. The molecule has 0 radical (unpaired) electrons. The Morgan fingerprint density at radius 1 is 1.06 bits per heavy atom. The molecule has 0 saturated heterocycles. The van der Waals surface area contributed by atoms with E-state index >= 15 is 0 Å². The van der Waals surface area contributed by atoms with Crippen molar-refractivity contribution in [3.8, 4) is 5.75 Å². The second-order valence-corrected chi connectivity index (χ2v) is 4.31. The Morgan fingerprint density at radius 2 is 1.72 bits per heavy atom. The van der Waals surface area contributed by atoms with Gasteiger partial charge in [0, 0.05) is 10.7 Å². The Labute approximate surface area is 112 Å². The molecule has 0 amide bonds. The molecule has 18 heavy (non-hydrogen) atoms. The molecule has 0 heterocycles. The van der Waals surface area contributed by atoms with Crippen molar-refractivity contribution in [2.75, 3.05) is 7.11 Å². The Hall–Kier alpha value is -1.80. The van der Waals surface area contributed by atoms with Crippen LogP contribution in [-0.2, 0) is 0 Å². The Kier molecular flexibility index (Phi) is 4.00. The molecule has 2 aromatic carbocycles. The third kappa shape index (κ3) is 2.90. The second kappa shape index (κ2) is 5.69. The summed E-state index contributed by atoms with van der Waals surface area (Å²) in [7, 11) is 1.64. The minimum absolute atomic E-state index is 0.726. The number of nitrogens with zero attached hydrogens (tertiary/aromatic N) is 1. The smallest absolute Gasteiger partial charge is 0.144 e. The molecule has 2 rings (SSSR count). The van der Waals surface area contributed by atoms with Crippen LogP contribution in [0.25, 0.3) is 0 Å². The van der Waals surface area contributed by atoms with Crippen molar-refractivity contribution in [1.82, 2.24) is 0 Å². The van der Waals surface area contributed by atoms with E-state index in [1.807, 2.05) is 55.5 Å². The van der Waals surface area contributed by atoms with E-state index in [0.29, 0.717) is 0 Å². The van der Waals surface area contributed by atoms with Gasteiger partial charge in [-0.05, 0) is 36.8 Å². The lowest BCUT2D eigenvalue weighted by molar-refractivity contribution is 0.416. The van der Waals surface area contributed by atoms with E-state index in [0.717, 1.165) is 27.7 Å². The molecule has 0 atom stereocenters. The van der Waals surface area contributed by atoms with Crippen LogP contribution in [0, 0.1) is 0 Å². The van der Waals surface area contributed by atoms with Crippen LogP contribution < -0.4 is 4.74 Å². The molecule has 0 aromatic heterocycles. The molecule has 0 bridgehead atoms. The van der Waals surface area contributed by atoms with Crippen LogP contribution in [0.2, 0.25) is 5.02 Å². The maximum absolute atomic E-state index is 5.86. The molecule has 2 aromatic rings. The van der Waals surface area contributed by atoms with Gasteiger partial charge in [-0.2, -0.15) is 0 Å². The fraction of sp³-hybridized carbons (Fsp3) is 0.133. The number of aliphatic imine (C=N–C) groups is 1. The van der Waals surface area contributed by atoms with E-state index in [1.165, 1.54) is 0 Å². The van der Waals surface area contributed by atoms with E-state index in [-0.39, 0.29) is 0 Å². The molecule has 0 unspecified atom stereocenters. The first kappa shape index (κ1) is 12.7. The highest BCUT2D eigenvalue weighted by atomic mass is 35.5. The van der Waals surface area contributed by atoms with Gasteiger partial charge in [-0.25, -0.2) is 4.99 Å². The summed E-state index contributed by atoms with van der Waals surface area (Å²) in [4.78, 5) is 4.58. The van der Waals surface area contributed by atoms with E-state index in [4.69, 9.17) is 16.3 Å². The predicted molar refractivity (Wildman–Crippen MR) is 76.3 cm³/mol. The fourth-order valence-corrected chi connectivity index (χ4v) is 1.78. The topological polar surface area (TPSA) is 21.6 Å². The van der Waals surface area contributed by atoms with Gasteiger partial charge in [0.15, 0.2) is 0 Å². The number of benzene rings is 2. The first-order chi connectivity index (χ1) is 8.70. The Balaban J connectivity index is 2.35. The quantitative estimate of drug-likeness (QED) is 0.745. The van der Waals surface area contributed by atoms with Gasteiger partial charge in [0.05, 0.1) is 7.11 Å². The largest absolute Gasteiger partial charge is 0.494 e. The van der Waals surface area contributed by atoms with Crippen LogP contribution in [-0.4, -0.2) is 12.8 Å². The summed E-state index contributed by atoms with van der Waals surface area (Å²) in [6.45, 7) is 1.97. The van der Waals surface area contributed by atoms with Gasteiger partial charge < -0.3 is 4.74 Å². The molecule has 2 nitrogen and oxygen atoms in total. The molecule has 0 aliphatic rings. The van der Waals surface area contributed by atoms with Crippen LogP contribution in [0.15, 0.2) is 53.5 Å². The minimum Gasteiger partial charge on any atom is -0.494 e. The SMILES string of the molecule is COc1ccccc1/N=C(/C)c1ccc(Cl)cc1. The molecule has 0 aliphatic heterocycles. The number of para-hydroxylation sites is 2. The lowest BCUT2D eigenvalue weighted by Crippen LogP contribution is -1.93. The van der Waals surface area contributed by atoms with Crippen LogP contribution in [0.4, 0.5) is 5.69 Å².